The maximum atomic E-state index is 11.4. The Morgan fingerprint density at radius 1 is 1.38 bits per heavy atom. The summed E-state index contributed by atoms with van der Waals surface area (Å²) in [4.78, 5) is 11.4. The molecule has 2 aliphatic carbocycles. The zero-order valence-corrected chi connectivity index (χ0v) is 10.7. The van der Waals surface area contributed by atoms with Crippen molar-refractivity contribution in [3.8, 4) is 0 Å². The topological polar surface area (TPSA) is 60.4 Å². The molecular formula is C10H15ClO4S. The molecule has 2 aliphatic rings. The van der Waals surface area contributed by atoms with E-state index in [0.29, 0.717) is 12.8 Å². The van der Waals surface area contributed by atoms with Crippen LogP contribution in [0.1, 0.15) is 32.1 Å². The lowest BCUT2D eigenvalue weighted by Gasteiger charge is -2.27. The molecule has 0 heterocycles. The number of carbonyl (C=O) groups is 1. The van der Waals surface area contributed by atoms with Gasteiger partial charge in [0, 0.05) is 10.7 Å². The number of methoxy groups -OCH3 is 1. The first-order valence-electron chi connectivity index (χ1n) is 5.40. The number of rotatable bonds is 2. The third-order valence-electron chi connectivity index (χ3n) is 4.00. The van der Waals surface area contributed by atoms with Crippen molar-refractivity contribution >= 4 is 25.7 Å². The molecule has 0 saturated heterocycles. The van der Waals surface area contributed by atoms with Crippen LogP contribution in [-0.2, 0) is 18.6 Å². The molecule has 0 aromatic carbocycles. The van der Waals surface area contributed by atoms with Gasteiger partial charge in [0.2, 0.25) is 9.05 Å². The highest BCUT2D eigenvalue weighted by molar-refractivity contribution is 8.14. The van der Waals surface area contributed by atoms with E-state index >= 15 is 0 Å². The van der Waals surface area contributed by atoms with Gasteiger partial charge in [-0.05, 0) is 37.5 Å². The van der Waals surface area contributed by atoms with E-state index in [1.165, 1.54) is 7.11 Å². The molecule has 0 N–H and O–H groups in total. The highest BCUT2D eigenvalue weighted by atomic mass is 35.7. The minimum Gasteiger partial charge on any atom is -0.469 e. The number of ether oxygens (including phenoxy) is 1. The van der Waals surface area contributed by atoms with Crippen LogP contribution in [-0.4, -0.2) is 26.7 Å². The molecule has 16 heavy (non-hydrogen) atoms. The lowest BCUT2D eigenvalue weighted by atomic mass is 9.84. The summed E-state index contributed by atoms with van der Waals surface area (Å²) in [6, 6.07) is 0. The van der Waals surface area contributed by atoms with Crippen molar-refractivity contribution in [2.24, 2.45) is 11.3 Å². The zero-order valence-electron chi connectivity index (χ0n) is 9.11. The van der Waals surface area contributed by atoms with E-state index in [1.54, 1.807) is 0 Å². The summed E-state index contributed by atoms with van der Waals surface area (Å²) in [5, 5.41) is -0.432. The van der Waals surface area contributed by atoms with Crippen LogP contribution < -0.4 is 0 Å². The summed E-state index contributed by atoms with van der Waals surface area (Å²) in [5.74, 6) is -0.177. The maximum absolute atomic E-state index is 11.4. The summed E-state index contributed by atoms with van der Waals surface area (Å²) in [6.45, 7) is 0. The normalized spacial score (nSPS) is 38.4. The fourth-order valence-electron chi connectivity index (χ4n) is 2.82. The Kier molecular flexibility index (Phi) is 2.95. The van der Waals surface area contributed by atoms with E-state index in [-0.39, 0.29) is 17.3 Å². The highest BCUT2D eigenvalue weighted by Crippen LogP contribution is 2.62. The molecule has 0 radical (unpaired) electrons. The van der Waals surface area contributed by atoms with Crippen LogP contribution in [0, 0.1) is 11.3 Å². The van der Waals surface area contributed by atoms with E-state index in [1.807, 2.05) is 0 Å². The van der Waals surface area contributed by atoms with Crippen molar-refractivity contribution in [1.29, 1.82) is 0 Å². The molecule has 2 rings (SSSR count). The number of carbonyl (C=O) groups excluding carboxylic acids is 1. The molecule has 1 spiro atoms. The van der Waals surface area contributed by atoms with Gasteiger partial charge in [-0.1, -0.05) is 0 Å². The molecule has 2 fully saturated rings. The second-order valence-electron chi connectivity index (χ2n) is 4.82. The molecule has 0 aliphatic heterocycles. The Balaban J connectivity index is 1.95. The molecule has 0 aromatic heterocycles. The first kappa shape index (κ1) is 12.2. The first-order valence-corrected chi connectivity index (χ1v) is 7.78. The van der Waals surface area contributed by atoms with E-state index in [0.717, 1.165) is 19.3 Å². The standard InChI is InChI=1S/C10H15ClO4S/c1-15-9(12)8-6-10(8)4-2-7(3-5-10)16(11,13)14/h7-8H,2-6H2,1H3. The average molecular weight is 267 g/mol. The van der Waals surface area contributed by atoms with Gasteiger partial charge in [0.05, 0.1) is 18.3 Å². The van der Waals surface area contributed by atoms with Crippen LogP contribution in [0.3, 0.4) is 0 Å². The molecule has 92 valence electrons. The average Bonchev–Trinajstić information content (AvgIpc) is 2.90. The Labute approximate surface area is 99.7 Å². The van der Waals surface area contributed by atoms with Gasteiger partial charge in [0.1, 0.15) is 0 Å². The minimum absolute atomic E-state index is 0.0171. The largest absolute Gasteiger partial charge is 0.469 e. The van der Waals surface area contributed by atoms with E-state index < -0.39 is 14.3 Å². The molecule has 1 unspecified atom stereocenters. The molecule has 4 nitrogen and oxygen atoms in total. The van der Waals surface area contributed by atoms with Crippen molar-refractivity contribution in [2.45, 2.75) is 37.4 Å². The summed E-state index contributed by atoms with van der Waals surface area (Å²) in [7, 11) is 3.29. The Morgan fingerprint density at radius 2 is 1.94 bits per heavy atom. The predicted octanol–water partition coefficient (Wildman–Crippen LogP) is 1.68. The second kappa shape index (κ2) is 3.88. The van der Waals surface area contributed by atoms with Gasteiger partial charge < -0.3 is 4.74 Å². The summed E-state index contributed by atoms with van der Waals surface area (Å²) in [6.07, 6.45) is 3.51. The van der Waals surface area contributed by atoms with Crippen LogP contribution in [0.4, 0.5) is 0 Å². The third-order valence-corrected chi connectivity index (χ3v) is 6.03. The van der Waals surface area contributed by atoms with Gasteiger partial charge in [-0.15, -0.1) is 0 Å². The predicted molar refractivity (Wildman–Crippen MR) is 59.6 cm³/mol. The van der Waals surface area contributed by atoms with Crippen LogP contribution in [0.25, 0.3) is 0 Å². The smallest absolute Gasteiger partial charge is 0.309 e. The molecule has 2 saturated carbocycles. The van der Waals surface area contributed by atoms with Crippen molar-refractivity contribution in [1.82, 2.24) is 0 Å². The molecule has 1 atom stereocenters. The quantitative estimate of drug-likeness (QED) is 0.564. The van der Waals surface area contributed by atoms with Crippen LogP contribution in [0.15, 0.2) is 0 Å². The number of esters is 1. The van der Waals surface area contributed by atoms with Crippen molar-refractivity contribution in [3.63, 3.8) is 0 Å². The SMILES string of the molecule is COC(=O)C1CC12CCC(S(=O)(=O)Cl)CC2. The highest BCUT2D eigenvalue weighted by Gasteiger charge is 2.59. The Hall–Kier alpha value is -0.290. The second-order valence-corrected chi connectivity index (χ2v) is 7.73. The Morgan fingerprint density at radius 3 is 2.38 bits per heavy atom. The zero-order chi connectivity index (χ0) is 12.0. The molecule has 0 aromatic rings. The molecule has 0 bridgehead atoms. The fourth-order valence-corrected chi connectivity index (χ4v) is 4.16. The van der Waals surface area contributed by atoms with Crippen LogP contribution in [0.2, 0.25) is 0 Å². The van der Waals surface area contributed by atoms with Gasteiger partial charge in [-0.2, -0.15) is 0 Å². The van der Waals surface area contributed by atoms with Crippen molar-refractivity contribution in [2.75, 3.05) is 7.11 Å². The molecular weight excluding hydrogens is 252 g/mol. The van der Waals surface area contributed by atoms with Crippen LogP contribution in [0.5, 0.6) is 0 Å². The van der Waals surface area contributed by atoms with E-state index in [9.17, 15) is 13.2 Å². The lowest BCUT2D eigenvalue weighted by Crippen LogP contribution is -2.26. The van der Waals surface area contributed by atoms with Crippen molar-refractivity contribution in [3.05, 3.63) is 0 Å². The van der Waals surface area contributed by atoms with Crippen LogP contribution >= 0.6 is 10.7 Å². The van der Waals surface area contributed by atoms with E-state index in [2.05, 4.69) is 0 Å². The van der Waals surface area contributed by atoms with E-state index in [4.69, 9.17) is 15.4 Å². The van der Waals surface area contributed by atoms with Gasteiger partial charge >= 0.3 is 5.97 Å². The van der Waals surface area contributed by atoms with Gasteiger partial charge in [-0.3, -0.25) is 4.79 Å². The number of halogens is 1. The minimum atomic E-state index is -3.44. The Bertz CT molecular complexity index is 395. The fraction of sp³-hybridized carbons (Fsp3) is 0.900. The third kappa shape index (κ3) is 2.07. The summed E-state index contributed by atoms with van der Waals surface area (Å²) < 4.78 is 27.0. The van der Waals surface area contributed by atoms with Crippen molar-refractivity contribution < 1.29 is 17.9 Å². The van der Waals surface area contributed by atoms with Gasteiger partial charge in [0.25, 0.3) is 0 Å². The summed E-state index contributed by atoms with van der Waals surface area (Å²) in [5.41, 5.74) is 0.0190. The maximum Gasteiger partial charge on any atom is 0.309 e. The van der Waals surface area contributed by atoms with Gasteiger partial charge in [0.15, 0.2) is 0 Å². The summed E-state index contributed by atoms with van der Waals surface area (Å²) >= 11 is 0. The number of hydrogen-bond acceptors (Lipinski definition) is 4. The van der Waals surface area contributed by atoms with Gasteiger partial charge in [-0.25, -0.2) is 8.42 Å². The lowest BCUT2D eigenvalue weighted by molar-refractivity contribution is -0.143. The molecule has 6 heteroatoms. The number of hydrogen-bond donors (Lipinski definition) is 0. The monoisotopic (exact) mass is 266 g/mol. The molecule has 0 amide bonds. The first-order chi connectivity index (χ1) is 7.39.